The van der Waals surface area contributed by atoms with Crippen molar-refractivity contribution >= 4 is 0 Å². The second-order valence-corrected chi connectivity index (χ2v) is 4.87. The minimum atomic E-state index is 0.441. The van der Waals surface area contributed by atoms with Crippen LogP contribution < -0.4 is 5.32 Å². The van der Waals surface area contributed by atoms with Crippen LogP contribution in [0.25, 0.3) is 0 Å². The first-order chi connectivity index (χ1) is 7.19. The largest absolute Gasteiger partial charge is 0.383 e. The van der Waals surface area contributed by atoms with Gasteiger partial charge in [-0.3, -0.25) is 0 Å². The van der Waals surface area contributed by atoms with Gasteiger partial charge >= 0.3 is 0 Å². The van der Waals surface area contributed by atoms with Gasteiger partial charge in [-0.2, -0.15) is 0 Å². The van der Waals surface area contributed by atoms with Crippen molar-refractivity contribution in [3.8, 4) is 0 Å². The predicted octanol–water partition coefficient (Wildman–Crippen LogP) is 1.67. The summed E-state index contributed by atoms with van der Waals surface area (Å²) >= 11 is 0. The van der Waals surface area contributed by atoms with E-state index in [-0.39, 0.29) is 0 Å². The molecule has 0 aromatic rings. The molecule has 1 saturated carbocycles. The lowest BCUT2D eigenvalue weighted by molar-refractivity contribution is 0.109. The molecule has 0 aromatic carbocycles. The molecule has 2 atom stereocenters. The zero-order valence-corrected chi connectivity index (χ0v) is 10.5. The van der Waals surface area contributed by atoms with Crippen LogP contribution in [0, 0.1) is 11.8 Å². The standard InChI is InChI=1S/C12H25NO2/c1-9(2)11(7-14-3)13-12(8-15-4)10-5-6-10/h9-13H,5-8H2,1-4H3. The first-order valence-corrected chi connectivity index (χ1v) is 5.93. The molecule has 3 heteroatoms. The van der Waals surface area contributed by atoms with E-state index in [1.165, 1.54) is 12.8 Å². The molecule has 1 aliphatic carbocycles. The Morgan fingerprint density at radius 2 is 1.73 bits per heavy atom. The van der Waals surface area contributed by atoms with Gasteiger partial charge in [-0.1, -0.05) is 13.8 Å². The van der Waals surface area contributed by atoms with Crippen molar-refractivity contribution in [2.24, 2.45) is 11.8 Å². The molecule has 0 bridgehead atoms. The van der Waals surface area contributed by atoms with Crippen LogP contribution >= 0.6 is 0 Å². The van der Waals surface area contributed by atoms with Crippen LogP contribution in [0.5, 0.6) is 0 Å². The Hall–Kier alpha value is -0.120. The Morgan fingerprint density at radius 1 is 1.13 bits per heavy atom. The van der Waals surface area contributed by atoms with Gasteiger partial charge in [-0.15, -0.1) is 0 Å². The van der Waals surface area contributed by atoms with Gasteiger partial charge in [0.15, 0.2) is 0 Å². The molecule has 1 rings (SSSR count). The zero-order chi connectivity index (χ0) is 11.3. The molecule has 0 saturated heterocycles. The van der Waals surface area contributed by atoms with Crippen molar-refractivity contribution in [2.45, 2.75) is 38.8 Å². The molecule has 0 radical (unpaired) electrons. The summed E-state index contributed by atoms with van der Waals surface area (Å²) < 4.78 is 10.5. The molecule has 1 N–H and O–H groups in total. The van der Waals surface area contributed by atoms with Gasteiger partial charge in [0.25, 0.3) is 0 Å². The van der Waals surface area contributed by atoms with E-state index >= 15 is 0 Å². The highest BCUT2D eigenvalue weighted by Gasteiger charge is 2.32. The monoisotopic (exact) mass is 215 g/mol. The first-order valence-electron chi connectivity index (χ1n) is 5.93. The van der Waals surface area contributed by atoms with Crippen LogP contribution in [-0.2, 0) is 9.47 Å². The molecule has 90 valence electrons. The maximum atomic E-state index is 5.26. The lowest BCUT2D eigenvalue weighted by Crippen LogP contribution is -2.47. The Labute approximate surface area is 93.5 Å². The van der Waals surface area contributed by atoms with Crippen molar-refractivity contribution in [2.75, 3.05) is 27.4 Å². The van der Waals surface area contributed by atoms with Crippen molar-refractivity contribution < 1.29 is 9.47 Å². The van der Waals surface area contributed by atoms with Crippen molar-refractivity contribution in [1.29, 1.82) is 0 Å². The van der Waals surface area contributed by atoms with Crippen LogP contribution in [0.4, 0.5) is 0 Å². The topological polar surface area (TPSA) is 30.5 Å². The van der Waals surface area contributed by atoms with Gasteiger partial charge in [-0.05, 0) is 24.7 Å². The summed E-state index contributed by atoms with van der Waals surface area (Å²) in [6.07, 6.45) is 2.69. The fraction of sp³-hybridized carbons (Fsp3) is 1.00. The van der Waals surface area contributed by atoms with E-state index in [1.54, 1.807) is 14.2 Å². The fourth-order valence-electron chi connectivity index (χ4n) is 1.89. The summed E-state index contributed by atoms with van der Waals surface area (Å²) in [5, 5.41) is 3.67. The van der Waals surface area contributed by atoms with Gasteiger partial charge in [0.2, 0.25) is 0 Å². The Bertz CT molecular complexity index is 159. The SMILES string of the molecule is COCC(NC(COC)C1CC1)C(C)C. The Balaban J connectivity index is 2.38. The van der Waals surface area contributed by atoms with E-state index in [9.17, 15) is 0 Å². The average molecular weight is 215 g/mol. The highest BCUT2D eigenvalue weighted by molar-refractivity contribution is 4.89. The Morgan fingerprint density at radius 3 is 2.13 bits per heavy atom. The molecule has 0 aromatic heterocycles. The summed E-state index contributed by atoms with van der Waals surface area (Å²) in [6.45, 7) is 6.06. The third-order valence-corrected chi connectivity index (χ3v) is 3.12. The summed E-state index contributed by atoms with van der Waals surface area (Å²) in [7, 11) is 3.54. The Kier molecular flexibility index (Phi) is 5.58. The van der Waals surface area contributed by atoms with Crippen molar-refractivity contribution in [3.05, 3.63) is 0 Å². The van der Waals surface area contributed by atoms with E-state index in [1.807, 2.05) is 0 Å². The average Bonchev–Trinajstić information content (AvgIpc) is 2.99. The van der Waals surface area contributed by atoms with Gasteiger partial charge < -0.3 is 14.8 Å². The van der Waals surface area contributed by atoms with Gasteiger partial charge in [0.05, 0.1) is 13.2 Å². The van der Waals surface area contributed by atoms with Crippen LogP contribution in [-0.4, -0.2) is 39.5 Å². The third kappa shape index (κ3) is 4.49. The summed E-state index contributed by atoms with van der Waals surface area (Å²) in [4.78, 5) is 0. The molecule has 15 heavy (non-hydrogen) atoms. The quantitative estimate of drug-likeness (QED) is 0.668. The lowest BCUT2D eigenvalue weighted by Gasteiger charge is -2.27. The highest BCUT2D eigenvalue weighted by atomic mass is 16.5. The second-order valence-electron chi connectivity index (χ2n) is 4.87. The number of rotatable bonds is 8. The normalized spacial score (nSPS) is 20.6. The van der Waals surface area contributed by atoms with Crippen molar-refractivity contribution in [3.63, 3.8) is 0 Å². The number of ether oxygens (including phenoxy) is 2. The summed E-state index contributed by atoms with van der Waals surface area (Å²) in [5.74, 6) is 1.42. The molecular weight excluding hydrogens is 190 g/mol. The number of hydrogen-bond acceptors (Lipinski definition) is 3. The summed E-state index contributed by atoms with van der Waals surface area (Å²) in [6, 6.07) is 0.952. The fourth-order valence-corrected chi connectivity index (χ4v) is 1.89. The number of hydrogen-bond donors (Lipinski definition) is 1. The lowest BCUT2D eigenvalue weighted by atomic mass is 10.0. The van der Waals surface area contributed by atoms with E-state index in [4.69, 9.17) is 9.47 Å². The molecule has 2 unspecified atom stereocenters. The van der Waals surface area contributed by atoms with Crippen LogP contribution in [0.2, 0.25) is 0 Å². The molecule has 1 fully saturated rings. The maximum Gasteiger partial charge on any atom is 0.0618 e. The van der Waals surface area contributed by atoms with Crippen LogP contribution in [0.3, 0.4) is 0 Å². The van der Waals surface area contributed by atoms with Gasteiger partial charge in [0.1, 0.15) is 0 Å². The zero-order valence-electron chi connectivity index (χ0n) is 10.5. The van der Waals surface area contributed by atoms with Gasteiger partial charge in [-0.25, -0.2) is 0 Å². The number of methoxy groups -OCH3 is 2. The van der Waals surface area contributed by atoms with E-state index < -0.39 is 0 Å². The van der Waals surface area contributed by atoms with Gasteiger partial charge in [0, 0.05) is 26.3 Å². The highest BCUT2D eigenvalue weighted by Crippen LogP contribution is 2.33. The van der Waals surface area contributed by atoms with E-state index in [0.29, 0.717) is 18.0 Å². The van der Waals surface area contributed by atoms with Crippen LogP contribution in [0.15, 0.2) is 0 Å². The molecule has 0 spiro atoms. The van der Waals surface area contributed by atoms with E-state index in [0.717, 1.165) is 19.1 Å². The minimum Gasteiger partial charge on any atom is -0.383 e. The minimum absolute atomic E-state index is 0.441. The van der Waals surface area contributed by atoms with Crippen molar-refractivity contribution in [1.82, 2.24) is 5.32 Å². The third-order valence-electron chi connectivity index (χ3n) is 3.12. The molecule has 0 heterocycles. The van der Waals surface area contributed by atoms with E-state index in [2.05, 4.69) is 19.2 Å². The maximum absolute atomic E-state index is 5.26. The smallest absolute Gasteiger partial charge is 0.0618 e. The predicted molar refractivity (Wildman–Crippen MR) is 62.0 cm³/mol. The van der Waals surface area contributed by atoms with Crippen LogP contribution in [0.1, 0.15) is 26.7 Å². The molecule has 0 amide bonds. The molecule has 0 aliphatic heterocycles. The molecular formula is C12H25NO2. The molecule has 1 aliphatic rings. The number of nitrogens with one attached hydrogen (secondary N) is 1. The first kappa shape index (κ1) is 12.9. The molecule has 3 nitrogen and oxygen atoms in total. The summed E-state index contributed by atoms with van der Waals surface area (Å²) in [5.41, 5.74) is 0. The second kappa shape index (κ2) is 6.46.